The third kappa shape index (κ3) is 4.87. The highest BCUT2D eigenvalue weighted by molar-refractivity contribution is 7.88. The fourth-order valence-corrected chi connectivity index (χ4v) is 5.22. The molecule has 1 saturated heterocycles. The van der Waals surface area contributed by atoms with Gasteiger partial charge in [-0.1, -0.05) is 5.21 Å². The third-order valence-electron chi connectivity index (χ3n) is 6.15. The molecule has 37 heavy (non-hydrogen) atoms. The molecule has 4 aromatic rings. The Bertz CT molecular complexity index is 1610. The molecule has 0 unspecified atom stereocenters. The first-order chi connectivity index (χ1) is 17.6. The number of halogens is 1. The number of aromatic nitrogens is 7. The quantitative estimate of drug-likeness (QED) is 0.401. The van der Waals surface area contributed by atoms with Gasteiger partial charge in [-0.2, -0.15) is 19.3 Å². The van der Waals surface area contributed by atoms with E-state index in [4.69, 9.17) is 5.26 Å². The molecular formula is C23H25FN10O2S. The Balaban J connectivity index is 1.47. The highest BCUT2D eigenvalue weighted by atomic mass is 32.2. The molecule has 1 fully saturated rings. The van der Waals surface area contributed by atoms with E-state index < -0.39 is 22.2 Å². The van der Waals surface area contributed by atoms with E-state index in [0.717, 1.165) is 16.2 Å². The van der Waals surface area contributed by atoms with Gasteiger partial charge in [-0.3, -0.25) is 0 Å². The Kier molecular flexibility index (Phi) is 6.34. The van der Waals surface area contributed by atoms with E-state index in [2.05, 4.69) is 36.8 Å². The standard InChI is InChI=1S/C23H25FN10O2S/c1-14(2)29-19-7-22(34-23-16(10-28-34)6-15(8-25)9-27-23)26-11-17(19)20-13-33(31-30-20)21-4-5-32(12-18(21)24)37(3,35)36/h6-7,9-11,13-14,18,21H,4-5,12H2,1-3H3,(H,26,29)/t18-,21+/m1/s1. The Hall–Kier alpha value is -3.96. The molecule has 192 valence electrons. The number of hydrogen-bond donors (Lipinski definition) is 1. The lowest BCUT2D eigenvalue weighted by Crippen LogP contribution is -2.45. The molecule has 0 saturated carbocycles. The first kappa shape index (κ1) is 24.7. The van der Waals surface area contributed by atoms with Gasteiger partial charge in [0.05, 0.1) is 30.3 Å². The topological polar surface area (TPSA) is 148 Å². The van der Waals surface area contributed by atoms with Crippen LogP contribution in [0.3, 0.4) is 0 Å². The first-order valence-corrected chi connectivity index (χ1v) is 13.5. The van der Waals surface area contributed by atoms with Crippen LogP contribution in [0.1, 0.15) is 31.9 Å². The van der Waals surface area contributed by atoms with Crippen molar-refractivity contribution in [1.29, 1.82) is 5.26 Å². The molecule has 2 atom stereocenters. The monoisotopic (exact) mass is 524 g/mol. The van der Waals surface area contributed by atoms with Crippen LogP contribution < -0.4 is 5.32 Å². The van der Waals surface area contributed by atoms with Crippen molar-refractivity contribution in [2.24, 2.45) is 0 Å². The highest BCUT2D eigenvalue weighted by Crippen LogP contribution is 2.31. The van der Waals surface area contributed by atoms with Gasteiger partial charge in [0.2, 0.25) is 10.0 Å². The molecule has 1 aliphatic rings. The maximum atomic E-state index is 14.9. The molecule has 5 heterocycles. The molecule has 14 heteroatoms. The lowest BCUT2D eigenvalue weighted by atomic mass is 10.1. The maximum Gasteiger partial charge on any atom is 0.211 e. The SMILES string of the molecule is CC(C)Nc1cc(-n2ncc3cc(C#N)cnc32)ncc1-c1cn([C@H]2CCN(S(C)(=O)=O)C[C@H]2F)nn1. The minimum absolute atomic E-state index is 0.0882. The average molecular weight is 525 g/mol. The molecular weight excluding hydrogens is 499 g/mol. The summed E-state index contributed by atoms with van der Waals surface area (Å²) < 4.78 is 42.7. The second-order valence-corrected chi connectivity index (χ2v) is 11.3. The second kappa shape index (κ2) is 9.49. The highest BCUT2D eigenvalue weighted by Gasteiger charge is 2.35. The van der Waals surface area contributed by atoms with E-state index in [0.29, 0.717) is 33.7 Å². The largest absolute Gasteiger partial charge is 0.382 e. The number of rotatable bonds is 6. The van der Waals surface area contributed by atoms with Gasteiger partial charge in [-0.25, -0.2) is 27.5 Å². The van der Waals surface area contributed by atoms with Crippen LogP contribution in [0.4, 0.5) is 10.1 Å². The zero-order chi connectivity index (χ0) is 26.3. The van der Waals surface area contributed by atoms with Crippen LogP contribution in [-0.4, -0.2) is 79.0 Å². The van der Waals surface area contributed by atoms with Gasteiger partial charge in [0.1, 0.15) is 17.9 Å². The molecule has 12 nitrogen and oxygen atoms in total. The molecule has 4 aromatic heterocycles. The minimum Gasteiger partial charge on any atom is -0.382 e. The van der Waals surface area contributed by atoms with Crippen molar-refractivity contribution in [2.45, 2.75) is 38.5 Å². The average Bonchev–Trinajstić information content (AvgIpc) is 3.50. The number of alkyl halides is 1. The first-order valence-electron chi connectivity index (χ1n) is 11.7. The summed E-state index contributed by atoms with van der Waals surface area (Å²) in [6, 6.07) is 5.07. The van der Waals surface area contributed by atoms with Crippen LogP contribution in [0, 0.1) is 11.3 Å². The summed E-state index contributed by atoms with van der Waals surface area (Å²) in [4.78, 5) is 8.92. The molecule has 0 bridgehead atoms. The Labute approximate surface area is 212 Å². The van der Waals surface area contributed by atoms with Crippen LogP contribution in [-0.2, 0) is 10.0 Å². The van der Waals surface area contributed by atoms with Gasteiger partial charge in [-0.15, -0.1) is 5.10 Å². The van der Waals surface area contributed by atoms with E-state index >= 15 is 0 Å². The van der Waals surface area contributed by atoms with E-state index in [-0.39, 0.29) is 25.6 Å². The third-order valence-corrected chi connectivity index (χ3v) is 7.42. The molecule has 1 aliphatic heterocycles. The molecule has 0 radical (unpaired) electrons. The van der Waals surface area contributed by atoms with Crippen LogP contribution in [0.25, 0.3) is 28.1 Å². The van der Waals surface area contributed by atoms with Gasteiger partial charge in [-0.05, 0) is 26.3 Å². The summed E-state index contributed by atoms with van der Waals surface area (Å²) in [5.41, 5.74) is 2.91. The van der Waals surface area contributed by atoms with Crippen molar-refractivity contribution in [3.8, 4) is 23.1 Å². The van der Waals surface area contributed by atoms with Crippen molar-refractivity contribution < 1.29 is 12.8 Å². The molecule has 5 rings (SSSR count). The summed E-state index contributed by atoms with van der Waals surface area (Å²) >= 11 is 0. The summed E-state index contributed by atoms with van der Waals surface area (Å²) in [5.74, 6) is 0.517. The van der Waals surface area contributed by atoms with Crippen molar-refractivity contribution in [2.75, 3.05) is 24.7 Å². The summed E-state index contributed by atoms with van der Waals surface area (Å²) in [6.45, 7) is 4.00. The number of nitrogens with zero attached hydrogens (tertiary/aromatic N) is 9. The second-order valence-electron chi connectivity index (χ2n) is 9.27. The molecule has 1 N–H and O–H groups in total. The van der Waals surface area contributed by atoms with Crippen LogP contribution >= 0.6 is 0 Å². The fraction of sp³-hybridized carbons (Fsp3) is 0.391. The Morgan fingerprint density at radius 1 is 1.22 bits per heavy atom. The van der Waals surface area contributed by atoms with E-state index in [1.807, 2.05) is 19.9 Å². The number of nitriles is 1. The smallest absolute Gasteiger partial charge is 0.211 e. The maximum absolute atomic E-state index is 14.9. The van der Waals surface area contributed by atoms with E-state index in [1.165, 1.54) is 10.9 Å². The Morgan fingerprint density at radius 3 is 2.73 bits per heavy atom. The van der Waals surface area contributed by atoms with Crippen molar-refractivity contribution >= 4 is 26.7 Å². The summed E-state index contributed by atoms with van der Waals surface area (Å²) in [6.07, 6.45) is 6.38. The minimum atomic E-state index is -3.45. The van der Waals surface area contributed by atoms with Crippen molar-refractivity contribution in [3.63, 3.8) is 0 Å². The number of anilines is 1. The summed E-state index contributed by atoms with van der Waals surface area (Å²) in [7, 11) is -3.45. The summed E-state index contributed by atoms with van der Waals surface area (Å²) in [5, 5.41) is 26.0. The van der Waals surface area contributed by atoms with Crippen LogP contribution in [0.2, 0.25) is 0 Å². The number of nitrogens with one attached hydrogen (secondary N) is 1. The van der Waals surface area contributed by atoms with E-state index in [9.17, 15) is 12.8 Å². The molecule has 0 aliphatic carbocycles. The fourth-order valence-electron chi connectivity index (χ4n) is 4.37. The number of sulfonamides is 1. The molecule has 0 amide bonds. The van der Waals surface area contributed by atoms with Gasteiger partial charge in [0.15, 0.2) is 11.5 Å². The lowest BCUT2D eigenvalue weighted by Gasteiger charge is -2.32. The zero-order valence-corrected chi connectivity index (χ0v) is 21.3. The van der Waals surface area contributed by atoms with E-state index in [1.54, 1.807) is 29.3 Å². The van der Waals surface area contributed by atoms with Crippen molar-refractivity contribution in [1.82, 2.24) is 39.0 Å². The van der Waals surface area contributed by atoms with Gasteiger partial charge < -0.3 is 5.32 Å². The Morgan fingerprint density at radius 2 is 2.03 bits per heavy atom. The zero-order valence-electron chi connectivity index (χ0n) is 20.4. The van der Waals surface area contributed by atoms with Gasteiger partial charge in [0, 0.05) is 54.2 Å². The predicted molar refractivity (Wildman–Crippen MR) is 134 cm³/mol. The lowest BCUT2D eigenvalue weighted by molar-refractivity contribution is 0.128. The number of pyridine rings is 2. The molecule has 0 spiro atoms. The van der Waals surface area contributed by atoms with Crippen LogP contribution in [0.15, 0.2) is 36.9 Å². The van der Waals surface area contributed by atoms with Crippen molar-refractivity contribution in [3.05, 3.63) is 42.5 Å². The molecule has 0 aromatic carbocycles. The number of piperidine rings is 1. The number of hydrogen-bond acceptors (Lipinski definition) is 9. The van der Waals surface area contributed by atoms with Crippen LogP contribution in [0.5, 0.6) is 0 Å². The number of fused-ring (bicyclic) bond motifs is 1. The normalized spacial score (nSPS) is 18.8. The van der Waals surface area contributed by atoms with Gasteiger partial charge in [0.25, 0.3) is 0 Å². The van der Waals surface area contributed by atoms with Gasteiger partial charge >= 0.3 is 0 Å². The predicted octanol–water partition coefficient (Wildman–Crippen LogP) is 2.31.